The van der Waals surface area contributed by atoms with E-state index in [2.05, 4.69) is 20.3 Å². The minimum absolute atomic E-state index is 0.0255. The SMILES string of the molecule is CC(C)Oc1nc(N)nc(NC2(CO)CCOCC2)n1. The van der Waals surface area contributed by atoms with E-state index in [1.165, 1.54) is 0 Å². The molecule has 1 aromatic heterocycles. The van der Waals surface area contributed by atoms with E-state index in [-0.39, 0.29) is 24.7 Å². The van der Waals surface area contributed by atoms with Gasteiger partial charge in [-0.15, -0.1) is 0 Å². The van der Waals surface area contributed by atoms with Gasteiger partial charge in [-0.3, -0.25) is 0 Å². The molecule has 1 saturated heterocycles. The second-order valence-corrected chi connectivity index (χ2v) is 5.14. The minimum Gasteiger partial charge on any atom is -0.461 e. The van der Waals surface area contributed by atoms with Gasteiger partial charge in [-0.1, -0.05) is 0 Å². The third-order valence-corrected chi connectivity index (χ3v) is 3.10. The van der Waals surface area contributed by atoms with Crippen molar-refractivity contribution in [1.82, 2.24) is 15.0 Å². The molecule has 1 aliphatic rings. The topological polar surface area (TPSA) is 115 Å². The number of nitrogens with zero attached hydrogens (tertiary/aromatic N) is 3. The number of nitrogen functional groups attached to an aromatic ring is 1. The maximum Gasteiger partial charge on any atom is 0.323 e. The zero-order valence-corrected chi connectivity index (χ0v) is 11.8. The highest BCUT2D eigenvalue weighted by molar-refractivity contribution is 5.36. The number of rotatable bonds is 5. The molecular formula is C12H21N5O3. The number of aliphatic hydroxyl groups excluding tert-OH is 1. The van der Waals surface area contributed by atoms with Gasteiger partial charge in [0, 0.05) is 13.2 Å². The molecule has 0 bridgehead atoms. The Kier molecular flexibility index (Phi) is 4.56. The Morgan fingerprint density at radius 1 is 1.35 bits per heavy atom. The number of nitrogens with two attached hydrogens (primary N) is 1. The van der Waals surface area contributed by atoms with Crippen molar-refractivity contribution in [1.29, 1.82) is 0 Å². The Bertz CT molecular complexity index is 449. The Hall–Kier alpha value is -1.67. The zero-order valence-electron chi connectivity index (χ0n) is 11.8. The van der Waals surface area contributed by atoms with Crippen molar-refractivity contribution in [3.63, 3.8) is 0 Å². The number of hydrogen-bond acceptors (Lipinski definition) is 8. The Labute approximate surface area is 117 Å². The molecule has 0 amide bonds. The van der Waals surface area contributed by atoms with Gasteiger partial charge in [0.2, 0.25) is 11.9 Å². The summed E-state index contributed by atoms with van der Waals surface area (Å²) in [7, 11) is 0. The van der Waals surface area contributed by atoms with Gasteiger partial charge >= 0.3 is 6.01 Å². The van der Waals surface area contributed by atoms with Crippen LogP contribution in [0.2, 0.25) is 0 Å². The lowest BCUT2D eigenvalue weighted by Crippen LogP contribution is -2.47. The maximum absolute atomic E-state index is 9.64. The summed E-state index contributed by atoms with van der Waals surface area (Å²) in [6, 6.07) is 0.176. The van der Waals surface area contributed by atoms with Gasteiger partial charge in [0.05, 0.1) is 18.2 Å². The number of aromatic nitrogens is 3. The molecule has 20 heavy (non-hydrogen) atoms. The van der Waals surface area contributed by atoms with Gasteiger partial charge in [0.1, 0.15) is 0 Å². The highest BCUT2D eigenvalue weighted by Crippen LogP contribution is 2.24. The first-order valence-electron chi connectivity index (χ1n) is 6.68. The second kappa shape index (κ2) is 6.19. The lowest BCUT2D eigenvalue weighted by molar-refractivity contribution is 0.0376. The van der Waals surface area contributed by atoms with Crippen LogP contribution in [-0.2, 0) is 4.74 Å². The Morgan fingerprint density at radius 3 is 2.65 bits per heavy atom. The molecule has 1 aromatic rings. The molecule has 8 heteroatoms. The van der Waals surface area contributed by atoms with Crippen LogP contribution in [0.5, 0.6) is 6.01 Å². The van der Waals surface area contributed by atoms with Crippen LogP contribution >= 0.6 is 0 Å². The van der Waals surface area contributed by atoms with Crippen LogP contribution in [0, 0.1) is 0 Å². The molecule has 112 valence electrons. The van der Waals surface area contributed by atoms with Crippen molar-refractivity contribution in [3.05, 3.63) is 0 Å². The first kappa shape index (κ1) is 14.7. The fourth-order valence-corrected chi connectivity index (χ4v) is 2.01. The van der Waals surface area contributed by atoms with Crippen molar-refractivity contribution in [2.45, 2.75) is 38.3 Å². The van der Waals surface area contributed by atoms with Gasteiger partial charge in [0.15, 0.2) is 0 Å². The third kappa shape index (κ3) is 3.67. The van der Waals surface area contributed by atoms with E-state index in [0.717, 1.165) is 0 Å². The molecule has 4 N–H and O–H groups in total. The molecule has 0 aliphatic carbocycles. The van der Waals surface area contributed by atoms with E-state index < -0.39 is 5.54 Å². The van der Waals surface area contributed by atoms with Crippen molar-refractivity contribution < 1.29 is 14.6 Å². The first-order valence-corrected chi connectivity index (χ1v) is 6.68. The summed E-state index contributed by atoms with van der Waals surface area (Å²) >= 11 is 0. The zero-order chi connectivity index (χ0) is 14.6. The Balaban J connectivity index is 2.16. The minimum atomic E-state index is -0.485. The fraction of sp³-hybridized carbons (Fsp3) is 0.750. The standard InChI is InChI=1S/C12H21N5O3/c1-8(2)20-11-15-9(13)14-10(16-11)17-12(7-18)3-5-19-6-4-12/h8,18H,3-7H2,1-2H3,(H3,13,14,15,16,17). The smallest absolute Gasteiger partial charge is 0.323 e. The van der Waals surface area contributed by atoms with Crippen molar-refractivity contribution in [3.8, 4) is 6.01 Å². The van der Waals surface area contributed by atoms with Gasteiger partial charge in [-0.2, -0.15) is 15.0 Å². The number of aliphatic hydroxyl groups is 1. The van der Waals surface area contributed by atoms with Gasteiger partial charge < -0.3 is 25.6 Å². The van der Waals surface area contributed by atoms with Crippen LogP contribution < -0.4 is 15.8 Å². The van der Waals surface area contributed by atoms with Crippen LogP contribution in [0.15, 0.2) is 0 Å². The van der Waals surface area contributed by atoms with Crippen LogP contribution in [0.4, 0.5) is 11.9 Å². The number of nitrogens with one attached hydrogen (secondary N) is 1. The predicted molar refractivity (Wildman–Crippen MR) is 73.5 cm³/mol. The van der Waals surface area contributed by atoms with Gasteiger partial charge in [0.25, 0.3) is 0 Å². The van der Waals surface area contributed by atoms with E-state index in [1.54, 1.807) is 0 Å². The molecule has 0 spiro atoms. The molecule has 0 saturated carbocycles. The highest BCUT2D eigenvalue weighted by atomic mass is 16.5. The number of anilines is 2. The maximum atomic E-state index is 9.64. The fourth-order valence-electron chi connectivity index (χ4n) is 2.01. The largest absolute Gasteiger partial charge is 0.461 e. The van der Waals surface area contributed by atoms with E-state index in [0.29, 0.717) is 32.0 Å². The second-order valence-electron chi connectivity index (χ2n) is 5.14. The Morgan fingerprint density at radius 2 is 2.05 bits per heavy atom. The number of hydrogen-bond donors (Lipinski definition) is 3. The lowest BCUT2D eigenvalue weighted by atomic mass is 9.91. The van der Waals surface area contributed by atoms with Crippen molar-refractivity contribution in [2.24, 2.45) is 0 Å². The van der Waals surface area contributed by atoms with Crippen LogP contribution in [-0.4, -0.2) is 51.5 Å². The van der Waals surface area contributed by atoms with Crippen LogP contribution in [0.3, 0.4) is 0 Å². The van der Waals surface area contributed by atoms with E-state index >= 15 is 0 Å². The highest BCUT2D eigenvalue weighted by Gasteiger charge is 2.33. The van der Waals surface area contributed by atoms with E-state index in [4.69, 9.17) is 15.2 Å². The lowest BCUT2D eigenvalue weighted by Gasteiger charge is -2.36. The van der Waals surface area contributed by atoms with Gasteiger partial charge in [-0.25, -0.2) is 0 Å². The average Bonchev–Trinajstić information content (AvgIpc) is 2.38. The van der Waals surface area contributed by atoms with Gasteiger partial charge in [-0.05, 0) is 26.7 Å². The van der Waals surface area contributed by atoms with Crippen LogP contribution in [0.1, 0.15) is 26.7 Å². The molecule has 0 unspecified atom stereocenters. The summed E-state index contributed by atoms with van der Waals surface area (Å²) in [5.41, 5.74) is 5.17. The van der Waals surface area contributed by atoms with E-state index in [9.17, 15) is 5.11 Å². The summed E-state index contributed by atoms with van der Waals surface area (Å²) in [6.07, 6.45) is 1.30. The first-order chi connectivity index (χ1) is 9.53. The quantitative estimate of drug-likeness (QED) is 0.701. The molecule has 0 aromatic carbocycles. The van der Waals surface area contributed by atoms with E-state index in [1.807, 2.05) is 13.8 Å². The molecule has 1 fully saturated rings. The molecular weight excluding hydrogens is 262 g/mol. The molecule has 0 atom stereocenters. The number of ether oxygens (including phenoxy) is 2. The van der Waals surface area contributed by atoms with Crippen molar-refractivity contribution in [2.75, 3.05) is 30.9 Å². The molecule has 2 heterocycles. The monoisotopic (exact) mass is 283 g/mol. The molecule has 8 nitrogen and oxygen atoms in total. The summed E-state index contributed by atoms with van der Waals surface area (Å²) in [4.78, 5) is 12.1. The third-order valence-electron chi connectivity index (χ3n) is 3.10. The van der Waals surface area contributed by atoms with Crippen LogP contribution in [0.25, 0.3) is 0 Å². The summed E-state index contributed by atoms with van der Waals surface area (Å²) in [5.74, 6) is 0.391. The average molecular weight is 283 g/mol. The molecule has 2 rings (SSSR count). The molecule has 0 radical (unpaired) electrons. The summed E-state index contributed by atoms with van der Waals surface area (Å²) in [6.45, 7) is 4.90. The summed E-state index contributed by atoms with van der Waals surface area (Å²) < 4.78 is 10.7. The predicted octanol–water partition coefficient (Wildman–Crippen LogP) is 0.194. The normalized spacial score (nSPS) is 18.0. The molecule has 1 aliphatic heterocycles. The summed E-state index contributed by atoms with van der Waals surface area (Å²) in [5, 5.41) is 12.8. The van der Waals surface area contributed by atoms with Crippen molar-refractivity contribution >= 4 is 11.9 Å².